The van der Waals surface area contributed by atoms with E-state index in [9.17, 15) is 9.50 Å². The van der Waals surface area contributed by atoms with Crippen molar-refractivity contribution in [3.63, 3.8) is 0 Å². The Morgan fingerprint density at radius 3 is 2.83 bits per heavy atom. The zero-order valence-electron chi connectivity index (χ0n) is 13.6. The van der Waals surface area contributed by atoms with Crippen molar-refractivity contribution in [2.75, 3.05) is 18.0 Å². The highest BCUT2D eigenvalue weighted by Crippen LogP contribution is 2.34. The van der Waals surface area contributed by atoms with E-state index in [1.165, 1.54) is 6.33 Å². The van der Waals surface area contributed by atoms with Crippen molar-refractivity contribution in [1.29, 1.82) is 0 Å². The topological polar surface area (TPSA) is 80.0 Å². The van der Waals surface area contributed by atoms with Crippen LogP contribution in [0.4, 0.5) is 10.2 Å². The average Bonchev–Trinajstić information content (AvgIpc) is 3.15. The van der Waals surface area contributed by atoms with Crippen molar-refractivity contribution in [2.45, 2.75) is 45.3 Å². The Hall–Kier alpha value is -2.09. The first-order valence-electron chi connectivity index (χ1n) is 7.83. The standard InChI is InChI=1S/C15H21FN6O/c1-4-11-13(16)14(18-9-17-11)21-6-5-15(23,8-21)12-7-22(10(2)3)20-19-12/h7,9-10,23H,4-6,8H2,1-3H3. The highest BCUT2D eigenvalue weighted by molar-refractivity contribution is 5.44. The molecule has 0 radical (unpaired) electrons. The van der Waals surface area contributed by atoms with Crippen molar-refractivity contribution in [1.82, 2.24) is 25.0 Å². The number of aryl methyl sites for hydroxylation is 1. The molecular weight excluding hydrogens is 299 g/mol. The second-order valence-electron chi connectivity index (χ2n) is 6.19. The quantitative estimate of drug-likeness (QED) is 0.918. The summed E-state index contributed by atoms with van der Waals surface area (Å²) in [5.74, 6) is -0.172. The Labute approximate surface area is 134 Å². The third-order valence-corrected chi connectivity index (χ3v) is 4.24. The molecule has 124 valence electrons. The van der Waals surface area contributed by atoms with Gasteiger partial charge in [0.15, 0.2) is 11.6 Å². The predicted octanol–water partition coefficient (Wildman–Crippen LogP) is 1.45. The van der Waals surface area contributed by atoms with Gasteiger partial charge in [-0.1, -0.05) is 12.1 Å². The number of nitrogens with zero attached hydrogens (tertiary/aromatic N) is 6. The number of β-amino-alcohol motifs (C(OH)–C–C–N with tert-alkyl or cyclic N) is 1. The van der Waals surface area contributed by atoms with E-state index >= 15 is 0 Å². The monoisotopic (exact) mass is 320 g/mol. The van der Waals surface area contributed by atoms with Crippen LogP contribution in [0.5, 0.6) is 0 Å². The zero-order chi connectivity index (χ0) is 16.6. The van der Waals surface area contributed by atoms with E-state index in [2.05, 4.69) is 20.3 Å². The zero-order valence-corrected chi connectivity index (χ0v) is 13.6. The van der Waals surface area contributed by atoms with Crippen LogP contribution in [-0.2, 0) is 12.0 Å². The van der Waals surface area contributed by atoms with Crippen LogP contribution in [-0.4, -0.2) is 43.2 Å². The van der Waals surface area contributed by atoms with Gasteiger partial charge in [-0.15, -0.1) is 5.10 Å². The van der Waals surface area contributed by atoms with Gasteiger partial charge in [0.1, 0.15) is 17.6 Å². The average molecular weight is 320 g/mol. The minimum absolute atomic E-state index is 0.170. The maximum absolute atomic E-state index is 14.4. The SMILES string of the molecule is CCc1ncnc(N2CCC(O)(c3cn(C(C)C)nn3)C2)c1F. The van der Waals surface area contributed by atoms with E-state index in [0.717, 1.165) is 0 Å². The summed E-state index contributed by atoms with van der Waals surface area (Å²) >= 11 is 0. The molecule has 0 aliphatic carbocycles. The molecule has 23 heavy (non-hydrogen) atoms. The molecule has 0 spiro atoms. The molecule has 1 unspecified atom stereocenters. The van der Waals surface area contributed by atoms with Gasteiger partial charge in [-0.05, 0) is 20.3 Å². The summed E-state index contributed by atoms with van der Waals surface area (Å²) in [6.45, 7) is 6.57. The number of hydrogen-bond donors (Lipinski definition) is 1. The molecule has 1 fully saturated rings. The van der Waals surface area contributed by atoms with E-state index in [1.807, 2.05) is 20.8 Å². The summed E-state index contributed by atoms with van der Waals surface area (Å²) in [5, 5.41) is 19.0. The maximum atomic E-state index is 14.4. The van der Waals surface area contributed by atoms with Gasteiger partial charge in [0.2, 0.25) is 0 Å². The first-order chi connectivity index (χ1) is 10.9. The fourth-order valence-electron chi connectivity index (χ4n) is 2.79. The molecular formula is C15H21FN6O. The van der Waals surface area contributed by atoms with Crippen LogP contribution in [0.2, 0.25) is 0 Å². The molecule has 1 atom stereocenters. The van der Waals surface area contributed by atoms with E-state index in [4.69, 9.17) is 0 Å². The van der Waals surface area contributed by atoms with E-state index in [-0.39, 0.29) is 18.4 Å². The fraction of sp³-hybridized carbons (Fsp3) is 0.600. The summed E-state index contributed by atoms with van der Waals surface area (Å²) in [4.78, 5) is 9.73. The molecule has 0 saturated carbocycles. The van der Waals surface area contributed by atoms with Crippen LogP contribution in [0.3, 0.4) is 0 Å². The lowest BCUT2D eigenvalue weighted by Gasteiger charge is -2.22. The minimum atomic E-state index is -1.14. The highest BCUT2D eigenvalue weighted by Gasteiger charge is 2.41. The number of anilines is 1. The molecule has 2 aromatic rings. The summed E-state index contributed by atoms with van der Waals surface area (Å²) in [7, 11) is 0. The lowest BCUT2D eigenvalue weighted by molar-refractivity contribution is 0.0558. The Bertz CT molecular complexity index is 703. The fourth-order valence-corrected chi connectivity index (χ4v) is 2.79. The summed E-state index contributed by atoms with van der Waals surface area (Å²) in [6.07, 6.45) is 4.07. The van der Waals surface area contributed by atoms with Crippen molar-refractivity contribution >= 4 is 5.82 Å². The lowest BCUT2D eigenvalue weighted by atomic mass is 10.00. The molecule has 1 N–H and O–H groups in total. The maximum Gasteiger partial charge on any atom is 0.187 e. The Morgan fingerprint density at radius 1 is 1.39 bits per heavy atom. The van der Waals surface area contributed by atoms with Gasteiger partial charge in [-0.3, -0.25) is 0 Å². The van der Waals surface area contributed by atoms with Crippen LogP contribution in [0.15, 0.2) is 12.5 Å². The van der Waals surface area contributed by atoms with Crippen LogP contribution >= 0.6 is 0 Å². The Balaban J connectivity index is 1.85. The van der Waals surface area contributed by atoms with Gasteiger partial charge in [-0.2, -0.15) is 0 Å². The van der Waals surface area contributed by atoms with Gasteiger partial charge in [0.05, 0.1) is 18.4 Å². The number of halogens is 1. The third kappa shape index (κ3) is 2.78. The smallest absolute Gasteiger partial charge is 0.187 e. The normalized spacial score (nSPS) is 21.4. The van der Waals surface area contributed by atoms with Crippen LogP contribution in [0.25, 0.3) is 0 Å². The van der Waals surface area contributed by atoms with Gasteiger partial charge >= 0.3 is 0 Å². The molecule has 2 aromatic heterocycles. The lowest BCUT2D eigenvalue weighted by Crippen LogP contribution is -2.32. The van der Waals surface area contributed by atoms with Crippen molar-refractivity contribution in [3.8, 4) is 0 Å². The molecule has 0 bridgehead atoms. The number of hydrogen-bond acceptors (Lipinski definition) is 6. The van der Waals surface area contributed by atoms with Crippen LogP contribution < -0.4 is 4.90 Å². The summed E-state index contributed by atoms with van der Waals surface area (Å²) in [5.41, 5.74) is -0.244. The molecule has 3 heterocycles. The minimum Gasteiger partial charge on any atom is -0.381 e. The van der Waals surface area contributed by atoms with Crippen LogP contribution in [0.1, 0.15) is 44.6 Å². The highest BCUT2D eigenvalue weighted by atomic mass is 19.1. The van der Waals surface area contributed by atoms with Gasteiger partial charge in [0, 0.05) is 19.0 Å². The van der Waals surface area contributed by atoms with E-state index < -0.39 is 11.4 Å². The predicted molar refractivity (Wildman–Crippen MR) is 82.5 cm³/mol. The molecule has 1 aliphatic rings. The Kier molecular flexibility index (Phi) is 4.01. The molecule has 7 nitrogen and oxygen atoms in total. The summed E-state index contributed by atoms with van der Waals surface area (Å²) in [6, 6.07) is 0.170. The molecule has 1 saturated heterocycles. The Morgan fingerprint density at radius 2 is 2.17 bits per heavy atom. The second-order valence-corrected chi connectivity index (χ2v) is 6.19. The summed E-state index contributed by atoms with van der Waals surface area (Å²) < 4.78 is 16.1. The van der Waals surface area contributed by atoms with E-state index in [0.29, 0.717) is 30.8 Å². The van der Waals surface area contributed by atoms with Crippen molar-refractivity contribution in [3.05, 3.63) is 29.7 Å². The van der Waals surface area contributed by atoms with Crippen LogP contribution in [0, 0.1) is 5.82 Å². The van der Waals surface area contributed by atoms with Gasteiger partial charge < -0.3 is 10.0 Å². The third-order valence-electron chi connectivity index (χ3n) is 4.24. The second kappa shape index (κ2) is 5.84. The largest absolute Gasteiger partial charge is 0.381 e. The molecule has 3 rings (SSSR count). The molecule has 1 aliphatic heterocycles. The van der Waals surface area contributed by atoms with Crippen molar-refractivity contribution in [2.24, 2.45) is 0 Å². The first-order valence-corrected chi connectivity index (χ1v) is 7.83. The number of aliphatic hydroxyl groups is 1. The van der Waals surface area contributed by atoms with Gasteiger partial charge in [-0.25, -0.2) is 19.0 Å². The number of rotatable bonds is 4. The van der Waals surface area contributed by atoms with Gasteiger partial charge in [0.25, 0.3) is 0 Å². The van der Waals surface area contributed by atoms with E-state index in [1.54, 1.807) is 15.8 Å². The molecule has 0 aromatic carbocycles. The number of aromatic nitrogens is 5. The molecule has 8 heteroatoms. The van der Waals surface area contributed by atoms with Crippen molar-refractivity contribution < 1.29 is 9.50 Å². The molecule has 0 amide bonds. The first kappa shape index (κ1) is 15.8.